The molecule has 94 valence electrons. The smallest absolute Gasteiger partial charge is 0.226 e. The highest BCUT2D eigenvalue weighted by Crippen LogP contribution is 2.15. The van der Waals surface area contributed by atoms with Crippen LogP contribution < -0.4 is 5.32 Å². The average molecular weight is 260 g/mol. The van der Waals surface area contributed by atoms with E-state index in [1.165, 1.54) is 22.5 Å². The Kier molecular flexibility index (Phi) is 4.10. The summed E-state index contributed by atoms with van der Waals surface area (Å²) in [5.41, 5.74) is 3.36. The van der Waals surface area contributed by atoms with Gasteiger partial charge in [0.2, 0.25) is 5.91 Å². The first-order valence-corrected chi connectivity index (χ1v) is 6.79. The highest BCUT2D eigenvalue weighted by atomic mass is 32.1. The van der Waals surface area contributed by atoms with Gasteiger partial charge in [-0.25, -0.2) is 4.98 Å². The second-order valence-corrected chi connectivity index (χ2v) is 5.19. The van der Waals surface area contributed by atoms with Gasteiger partial charge in [-0.1, -0.05) is 29.8 Å². The van der Waals surface area contributed by atoms with Gasteiger partial charge in [-0.2, -0.15) is 0 Å². The lowest BCUT2D eigenvalue weighted by molar-refractivity contribution is -0.116. The summed E-state index contributed by atoms with van der Waals surface area (Å²) in [5, 5.41) is 5.42. The van der Waals surface area contributed by atoms with E-state index in [2.05, 4.69) is 41.5 Å². The zero-order chi connectivity index (χ0) is 13.0. The van der Waals surface area contributed by atoms with E-state index >= 15 is 0 Å². The summed E-state index contributed by atoms with van der Waals surface area (Å²) in [7, 11) is 0. The second kappa shape index (κ2) is 5.78. The Balaban J connectivity index is 1.83. The second-order valence-electron chi connectivity index (χ2n) is 4.33. The van der Waals surface area contributed by atoms with Crippen molar-refractivity contribution >= 4 is 22.4 Å². The van der Waals surface area contributed by atoms with Crippen molar-refractivity contribution < 1.29 is 4.79 Å². The number of carbonyl (C=O) groups is 1. The molecular weight excluding hydrogens is 244 g/mol. The topological polar surface area (TPSA) is 42.0 Å². The van der Waals surface area contributed by atoms with E-state index in [-0.39, 0.29) is 5.91 Å². The fraction of sp³-hybridized carbons (Fsp3) is 0.286. The quantitative estimate of drug-likeness (QED) is 0.916. The Bertz CT molecular complexity index is 531. The number of thiazole rings is 1. The van der Waals surface area contributed by atoms with Gasteiger partial charge in [0.15, 0.2) is 5.13 Å². The molecule has 2 rings (SSSR count). The Morgan fingerprint density at radius 3 is 2.61 bits per heavy atom. The molecule has 0 aliphatic carbocycles. The van der Waals surface area contributed by atoms with Crippen LogP contribution in [0, 0.1) is 13.8 Å². The van der Waals surface area contributed by atoms with Crippen LogP contribution >= 0.6 is 11.3 Å². The number of anilines is 1. The molecule has 1 aromatic carbocycles. The van der Waals surface area contributed by atoms with Crippen LogP contribution in [0.1, 0.15) is 23.2 Å². The molecule has 18 heavy (non-hydrogen) atoms. The molecule has 1 heterocycles. The SMILES string of the molecule is Cc1ccc(CCC(=O)Nc2nc(C)cs2)cc1. The van der Waals surface area contributed by atoms with Crippen LogP contribution in [0.2, 0.25) is 0 Å². The molecule has 0 radical (unpaired) electrons. The van der Waals surface area contributed by atoms with Gasteiger partial charge < -0.3 is 5.32 Å². The van der Waals surface area contributed by atoms with Gasteiger partial charge in [0, 0.05) is 11.8 Å². The summed E-state index contributed by atoms with van der Waals surface area (Å²) in [4.78, 5) is 15.9. The molecule has 1 N–H and O–H groups in total. The number of hydrogen-bond donors (Lipinski definition) is 1. The van der Waals surface area contributed by atoms with Crippen LogP contribution in [0.3, 0.4) is 0 Å². The Hall–Kier alpha value is -1.68. The number of nitrogens with one attached hydrogen (secondary N) is 1. The summed E-state index contributed by atoms with van der Waals surface area (Å²) in [5.74, 6) is 0.0184. The first-order chi connectivity index (χ1) is 8.63. The van der Waals surface area contributed by atoms with Crippen molar-refractivity contribution in [1.29, 1.82) is 0 Å². The van der Waals surface area contributed by atoms with Gasteiger partial charge in [0.1, 0.15) is 0 Å². The highest BCUT2D eigenvalue weighted by molar-refractivity contribution is 7.13. The lowest BCUT2D eigenvalue weighted by atomic mass is 10.1. The largest absolute Gasteiger partial charge is 0.302 e. The van der Waals surface area contributed by atoms with E-state index in [4.69, 9.17) is 0 Å². The van der Waals surface area contributed by atoms with E-state index in [9.17, 15) is 4.79 Å². The maximum atomic E-state index is 11.7. The van der Waals surface area contributed by atoms with Crippen LogP contribution in [-0.2, 0) is 11.2 Å². The van der Waals surface area contributed by atoms with Crippen molar-refractivity contribution in [2.45, 2.75) is 26.7 Å². The molecule has 3 nitrogen and oxygen atoms in total. The van der Waals surface area contributed by atoms with E-state index in [1.54, 1.807) is 0 Å². The van der Waals surface area contributed by atoms with Crippen molar-refractivity contribution in [3.05, 3.63) is 46.5 Å². The molecule has 0 aliphatic rings. The predicted molar refractivity (Wildman–Crippen MR) is 75.0 cm³/mol. The lowest BCUT2D eigenvalue weighted by Crippen LogP contribution is -2.12. The normalized spacial score (nSPS) is 10.3. The molecule has 0 saturated carbocycles. The summed E-state index contributed by atoms with van der Waals surface area (Å²) in [6, 6.07) is 8.27. The number of rotatable bonds is 4. The number of benzene rings is 1. The molecule has 0 fully saturated rings. The molecule has 0 unspecified atom stereocenters. The first-order valence-electron chi connectivity index (χ1n) is 5.91. The monoisotopic (exact) mass is 260 g/mol. The van der Waals surface area contributed by atoms with Gasteiger partial charge in [-0.3, -0.25) is 4.79 Å². The van der Waals surface area contributed by atoms with Gasteiger partial charge in [0.05, 0.1) is 5.69 Å². The number of nitrogens with zero attached hydrogens (tertiary/aromatic N) is 1. The number of aromatic nitrogens is 1. The Labute approximate surface area is 111 Å². The van der Waals surface area contributed by atoms with Crippen molar-refractivity contribution in [3.8, 4) is 0 Å². The number of hydrogen-bond acceptors (Lipinski definition) is 3. The summed E-state index contributed by atoms with van der Waals surface area (Å²) in [6.07, 6.45) is 1.25. The van der Waals surface area contributed by atoms with Gasteiger partial charge in [-0.05, 0) is 25.8 Å². The third-order valence-electron chi connectivity index (χ3n) is 2.63. The fourth-order valence-electron chi connectivity index (χ4n) is 1.61. The van der Waals surface area contributed by atoms with E-state index in [0.29, 0.717) is 11.6 Å². The molecule has 0 atom stereocenters. The van der Waals surface area contributed by atoms with Crippen molar-refractivity contribution in [2.75, 3.05) is 5.32 Å². The molecule has 1 amide bonds. The molecule has 0 aliphatic heterocycles. The Morgan fingerprint density at radius 2 is 2.00 bits per heavy atom. The van der Waals surface area contributed by atoms with Crippen molar-refractivity contribution in [1.82, 2.24) is 4.98 Å². The minimum atomic E-state index is 0.0184. The van der Waals surface area contributed by atoms with Crippen LogP contribution in [0.15, 0.2) is 29.6 Å². The van der Waals surface area contributed by atoms with Crippen molar-refractivity contribution in [2.24, 2.45) is 0 Å². The predicted octanol–water partition coefficient (Wildman–Crippen LogP) is 3.33. The third kappa shape index (κ3) is 3.67. The molecule has 1 aromatic heterocycles. The summed E-state index contributed by atoms with van der Waals surface area (Å²) in [6.45, 7) is 3.97. The van der Waals surface area contributed by atoms with Crippen LogP contribution in [0.25, 0.3) is 0 Å². The third-order valence-corrected chi connectivity index (χ3v) is 3.50. The van der Waals surface area contributed by atoms with E-state index < -0.39 is 0 Å². The number of aryl methyl sites for hydroxylation is 3. The standard InChI is InChI=1S/C14H16N2OS/c1-10-3-5-12(6-4-10)7-8-13(17)16-14-15-11(2)9-18-14/h3-6,9H,7-8H2,1-2H3,(H,15,16,17). The molecular formula is C14H16N2OS. The van der Waals surface area contributed by atoms with Crippen molar-refractivity contribution in [3.63, 3.8) is 0 Å². The number of amides is 1. The van der Waals surface area contributed by atoms with E-state index in [1.807, 2.05) is 12.3 Å². The number of carbonyl (C=O) groups excluding carboxylic acids is 1. The first kappa shape index (κ1) is 12.8. The maximum absolute atomic E-state index is 11.7. The molecule has 2 aromatic rings. The minimum Gasteiger partial charge on any atom is -0.302 e. The minimum absolute atomic E-state index is 0.0184. The fourth-order valence-corrected chi connectivity index (χ4v) is 2.31. The molecule has 4 heteroatoms. The van der Waals surface area contributed by atoms with Gasteiger partial charge in [-0.15, -0.1) is 11.3 Å². The van der Waals surface area contributed by atoms with Gasteiger partial charge >= 0.3 is 0 Å². The highest BCUT2D eigenvalue weighted by Gasteiger charge is 2.05. The lowest BCUT2D eigenvalue weighted by Gasteiger charge is -2.02. The zero-order valence-electron chi connectivity index (χ0n) is 10.6. The van der Waals surface area contributed by atoms with E-state index in [0.717, 1.165) is 12.1 Å². The van der Waals surface area contributed by atoms with Crippen LogP contribution in [0.4, 0.5) is 5.13 Å². The summed E-state index contributed by atoms with van der Waals surface area (Å²) >= 11 is 1.46. The molecule has 0 spiro atoms. The van der Waals surface area contributed by atoms with Gasteiger partial charge in [0.25, 0.3) is 0 Å². The Morgan fingerprint density at radius 1 is 1.28 bits per heavy atom. The van der Waals surface area contributed by atoms with Crippen LogP contribution in [-0.4, -0.2) is 10.9 Å². The van der Waals surface area contributed by atoms with Crippen LogP contribution in [0.5, 0.6) is 0 Å². The average Bonchev–Trinajstić information content (AvgIpc) is 2.74. The molecule has 0 bridgehead atoms. The molecule has 0 saturated heterocycles. The summed E-state index contributed by atoms with van der Waals surface area (Å²) < 4.78 is 0. The zero-order valence-corrected chi connectivity index (χ0v) is 11.4. The maximum Gasteiger partial charge on any atom is 0.226 e.